The van der Waals surface area contributed by atoms with E-state index in [0.29, 0.717) is 27.8 Å². The van der Waals surface area contributed by atoms with Crippen molar-refractivity contribution in [1.82, 2.24) is 10.7 Å². The van der Waals surface area contributed by atoms with Crippen molar-refractivity contribution < 1.29 is 23.5 Å². The number of amides is 3. The van der Waals surface area contributed by atoms with Crippen LogP contribution in [-0.2, 0) is 20.9 Å². The van der Waals surface area contributed by atoms with Gasteiger partial charge in [-0.25, -0.2) is 5.43 Å². The summed E-state index contributed by atoms with van der Waals surface area (Å²) in [5.74, 6) is -1.32. The lowest BCUT2D eigenvalue weighted by Gasteiger charge is -2.10. The molecule has 0 spiro atoms. The average Bonchev–Trinajstić information content (AvgIpc) is 3.32. The maximum absolute atomic E-state index is 12.1. The minimum absolute atomic E-state index is 0.0793. The molecule has 9 nitrogen and oxygen atoms in total. The molecule has 1 heterocycles. The van der Waals surface area contributed by atoms with Gasteiger partial charge >= 0.3 is 11.8 Å². The third-order valence-corrected chi connectivity index (χ3v) is 4.33. The van der Waals surface area contributed by atoms with E-state index in [2.05, 4.69) is 21.2 Å². The Kier molecular flexibility index (Phi) is 7.99. The second kappa shape index (κ2) is 11.3. The van der Waals surface area contributed by atoms with Crippen LogP contribution in [0.5, 0.6) is 5.75 Å². The van der Waals surface area contributed by atoms with Gasteiger partial charge in [0.25, 0.3) is 5.91 Å². The Hall–Kier alpha value is -4.11. The van der Waals surface area contributed by atoms with Crippen LogP contribution in [0.3, 0.4) is 0 Å². The number of rotatable bonds is 8. The summed E-state index contributed by atoms with van der Waals surface area (Å²) in [6.07, 6.45) is 2.77. The Morgan fingerprint density at radius 3 is 2.56 bits per heavy atom. The summed E-state index contributed by atoms with van der Waals surface area (Å²) in [5, 5.41) is 9.24. The van der Waals surface area contributed by atoms with Crippen LogP contribution in [0.15, 0.2) is 76.4 Å². The second-order valence-corrected chi connectivity index (χ2v) is 6.72. The first-order valence-corrected chi connectivity index (χ1v) is 9.80. The molecule has 0 saturated heterocycles. The molecule has 3 aromatic rings. The van der Waals surface area contributed by atoms with Gasteiger partial charge in [0.15, 0.2) is 6.61 Å². The number of para-hydroxylation sites is 2. The van der Waals surface area contributed by atoms with Gasteiger partial charge in [0, 0.05) is 5.56 Å². The highest BCUT2D eigenvalue weighted by atomic mass is 35.5. The van der Waals surface area contributed by atoms with Crippen molar-refractivity contribution in [2.24, 2.45) is 5.10 Å². The van der Waals surface area contributed by atoms with Crippen molar-refractivity contribution in [2.75, 3.05) is 11.9 Å². The van der Waals surface area contributed by atoms with Gasteiger partial charge in [-0.15, -0.1) is 0 Å². The van der Waals surface area contributed by atoms with Crippen molar-refractivity contribution in [3.8, 4) is 5.75 Å². The molecule has 0 bridgehead atoms. The minimum Gasteiger partial charge on any atom is -0.483 e. The molecule has 0 aliphatic carbocycles. The number of benzene rings is 2. The normalized spacial score (nSPS) is 10.5. The molecule has 3 amide bonds. The van der Waals surface area contributed by atoms with Crippen LogP contribution < -0.4 is 20.8 Å². The number of anilines is 1. The number of hydrogen-bond acceptors (Lipinski definition) is 6. The number of ether oxygens (including phenoxy) is 1. The fourth-order valence-corrected chi connectivity index (χ4v) is 2.67. The lowest BCUT2D eigenvalue weighted by Crippen LogP contribution is -2.37. The summed E-state index contributed by atoms with van der Waals surface area (Å²) < 4.78 is 10.6. The van der Waals surface area contributed by atoms with Crippen molar-refractivity contribution in [2.45, 2.75) is 6.54 Å². The zero-order valence-electron chi connectivity index (χ0n) is 16.7. The Balaban J connectivity index is 1.50. The van der Waals surface area contributed by atoms with E-state index in [1.54, 1.807) is 60.7 Å². The first-order chi connectivity index (χ1) is 15.5. The van der Waals surface area contributed by atoms with Crippen LogP contribution in [0.4, 0.5) is 5.69 Å². The number of furan rings is 1. The van der Waals surface area contributed by atoms with Gasteiger partial charge in [-0.1, -0.05) is 35.9 Å². The summed E-state index contributed by atoms with van der Waals surface area (Å²) in [4.78, 5) is 35.8. The van der Waals surface area contributed by atoms with Crippen LogP contribution in [0.25, 0.3) is 0 Å². The number of nitrogens with zero attached hydrogens (tertiary/aromatic N) is 1. The van der Waals surface area contributed by atoms with Crippen LogP contribution >= 0.6 is 11.6 Å². The molecule has 1 aromatic heterocycles. The third-order valence-electron chi connectivity index (χ3n) is 4.00. The van der Waals surface area contributed by atoms with Crippen LogP contribution in [-0.4, -0.2) is 30.5 Å². The van der Waals surface area contributed by atoms with E-state index in [4.69, 9.17) is 20.8 Å². The van der Waals surface area contributed by atoms with Gasteiger partial charge in [0.2, 0.25) is 0 Å². The highest BCUT2D eigenvalue weighted by molar-refractivity contribution is 6.35. The zero-order chi connectivity index (χ0) is 22.8. The van der Waals surface area contributed by atoms with E-state index in [0.717, 1.165) is 0 Å². The van der Waals surface area contributed by atoms with Gasteiger partial charge in [-0.3, -0.25) is 14.4 Å². The molecular weight excluding hydrogens is 436 g/mol. The van der Waals surface area contributed by atoms with Crippen molar-refractivity contribution in [3.63, 3.8) is 0 Å². The Morgan fingerprint density at radius 2 is 1.78 bits per heavy atom. The smallest absolute Gasteiger partial charge is 0.329 e. The van der Waals surface area contributed by atoms with E-state index in [1.165, 1.54) is 12.5 Å². The summed E-state index contributed by atoms with van der Waals surface area (Å²) in [7, 11) is 0. The molecule has 164 valence electrons. The SMILES string of the molecule is O=C(COc1ccccc1/C=N\NC(=O)C(=O)NCc1ccco1)Nc1ccccc1Cl. The number of hydrogen-bond donors (Lipinski definition) is 3. The lowest BCUT2D eigenvalue weighted by atomic mass is 10.2. The van der Waals surface area contributed by atoms with Gasteiger partial charge in [0.1, 0.15) is 11.5 Å². The molecule has 0 unspecified atom stereocenters. The molecule has 0 aliphatic rings. The number of nitrogens with one attached hydrogen (secondary N) is 3. The molecule has 10 heteroatoms. The largest absolute Gasteiger partial charge is 0.483 e. The fourth-order valence-electron chi connectivity index (χ4n) is 2.48. The summed E-state index contributed by atoms with van der Waals surface area (Å²) in [6.45, 7) is -0.187. The highest BCUT2D eigenvalue weighted by Crippen LogP contribution is 2.20. The number of carbonyl (C=O) groups excluding carboxylic acids is 3. The van der Waals surface area contributed by atoms with Gasteiger partial charge in [-0.2, -0.15) is 5.10 Å². The maximum Gasteiger partial charge on any atom is 0.329 e. The third kappa shape index (κ3) is 6.71. The predicted octanol–water partition coefficient (Wildman–Crippen LogP) is 2.72. The van der Waals surface area contributed by atoms with Crippen LogP contribution in [0, 0.1) is 0 Å². The molecule has 3 N–H and O–H groups in total. The van der Waals surface area contributed by atoms with E-state index >= 15 is 0 Å². The molecular formula is C22H19ClN4O5. The van der Waals surface area contributed by atoms with Crippen LogP contribution in [0.1, 0.15) is 11.3 Å². The first kappa shape index (κ1) is 22.6. The summed E-state index contributed by atoms with van der Waals surface area (Å²) in [6, 6.07) is 17.0. The number of halogens is 1. The summed E-state index contributed by atoms with van der Waals surface area (Å²) in [5.41, 5.74) is 3.10. The molecule has 2 aromatic carbocycles. The predicted molar refractivity (Wildman–Crippen MR) is 118 cm³/mol. The standard InChI is InChI=1S/C22H19ClN4O5/c23-17-8-2-3-9-18(17)26-20(28)14-32-19-10-4-1-6-15(19)12-25-27-22(30)21(29)24-13-16-7-5-11-31-16/h1-12H,13-14H2,(H,24,29)(H,26,28)(H,27,30)/b25-12-. The molecule has 0 atom stereocenters. The number of carbonyl (C=O) groups is 3. The van der Waals surface area contributed by atoms with Crippen molar-refractivity contribution in [3.05, 3.63) is 83.3 Å². The Morgan fingerprint density at radius 1 is 1.00 bits per heavy atom. The average molecular weight is 455 g/mol. The fraction of sp³-hybridized carbons (Fsp3) is 0.0909. The van der Waals surface area contributed by atoms with Crippen LogP contribution in [0.2, 0.25) is 5.02 Å². The lowest BCUT2D eigenvalue weighted by molar-refractivity contribution is -0.139. The number of hydrazone groups is 1. The van der Waals surface area contributed by atoms with E-state index in [1.807, 2.05) is 0 Å². The molecule has 0 saturated carbocycles. The topological polar surface area (TPSA) is 122 Å². The summed E-state index contributed by atoms with van der Waals surface area (Å²) >= 11 is 6.02. The van der Waals surface area contributed by atoms with E-state index in [9.17, 15) is 14.4 Å². The Labute approximate surface area is 188 Å². The van der Waals surface area contributed by atoms with Crippen molar-refractivity contribution in [1.29, 1.82) is 0 Å². The second-order valence-electron chi connectivity index (χ2n) is 6.32. The van der Waals surface area contributed by atoms with Crippen molar-refractivity contribution >= 4 is 41.2 Å². The Bertz CT molecular complexity index is 1120. The molecule has 0 fully saturated rings. The van der Waals surface area contributed by atoms with Gasteiger partial charge in [-0.05, 0) is 36.4 Å². The van der Waals surface area contributed by atoms with E-state index < -0.39 is 17.7 Å². The van der Waals surface area contributed by atoms with Gasteiger partial charge < -0.3 is 19.8 Å². The minimum atomic E-state index is -0.940. The molecule has 3 rings (SSSR count). The molecule has 0 aliphatic heterocycles. The molecule has 32 heavy (non-hydrogen) atoms. The first-order valence-electron chi connectivity index (χ1n) is 9.43. The molecule has 0 radical (unpaired) electrons. The van der Waals surface area contributed by atoms with Gasteiger partial charge in [0.05, 0.1) is 29.7 Å². The zero-order valence-corrected chi connectivity index (χ0v) is 17.5. The monoisotopic (exact) mass is 454 g/mol. The van der Waals surface area contributed by atoms with E-state index in [-0.39, 0.29) is 13.2 Å². The highest BCUT2D eigenvalue weighted by Gasteiger charge is 2.13. The maximum atomic E-state index is 12.1. The quantitative estimate of drug-likeness (QED) is 0.274.